The fourth-order valence-electron chi connectivity index (χ4n) is 3.22. The first-order chi connectivity index (χ1) is 14.9. The molecule has 2 aromatic carbocycles. The summed E-state index contributed by atoms with van der Waals surface area (Å²) in [4.78, 5) is 17.0. The molecule has 4 aromatic rings. The number of nitrogens with zero attached hydrogens (tertiary/aromatic N) is 4. The van der Waals surface area contributed by atoms with Crippen molar-refractivity contribution in [3.8, 4) is 16.9 Å². The molecule has 0 aliphatic carbocycles. The topological polar surface area (TPSA) is 72.7 Å². The number of anilines is 1. The Morgan fingerprint density at radius 3 is 2.55 bits per heavy atom. The number of benzene rings is 2. The van der Waals surface area contributed by atoms with Crippen LogP contribution in [0.2, 0.25) is 0 Å². The monoisotopic (exact) mass is 449 g/mol. The van der Waals surface area contributed by atoms with Gasteiger partial charge in [0.1, 0.15) is 5.82 Å². The van der Waals surface area contributed by atoms with Gasteiger partial charge in [-0.25, -0.2) is 4.98 Å². The van der Waals surface area contributed by atoms with Crippen molar-refractivity contribution in [2.75, 3.05) is 11.1 Å². The first-order valence-corrected chi connectivity index (χ1v) is 11.7. The fourth-order valence-corrected chi connectivity index (χ4v) is 4.63. The summed E-state index contributed by atoms with van der Waals surface area (Å²) in [5, 5.41) is 15.2. The van der Waals surface area contributed by atoms with Gasteiger partial charge in [0.05, 0.1) is 22.1 Å². The molecule has 6 nitrogen and oxygen atoms in total. The quantitative estimate of drug-likeness (QED) is 0.402. The summed E-state index contributed by atoms with van der Waals surface area (Å²) in [5.41, 5.74) is 6.09. The molecule has 1 amide bonds. The van der Waals surface area contributed by atoms with E-state index in [1.165, 1.54) is 17.3 Å². The predicted molar refractivity (Wildman–Crippen MR) is 127 cm³/mol. The number of hydrogen-bond donors (Lipinski definition) is 1. The summed E-state index contributed by atoms with van der Waals surface area (Å²) >= 11 is 3.00. The minimum absolute atomic E-state index is 0.0876. The Bertz CT molecular complexity index is 1230. The zero-order chi connectivity index (χ0) is 22.0. The first kappa shape index (κ1) is 21.3. The summed E-state index contributed by atoms with van der Waals surface area (Å²) in [7, 11) is 0. The Morgan fingerprint density at radius 2 is 1.84 bits per heavy atom. The highest BCUT2D eigenvalue weighted by atomic mass is 32.2. The van der Waals surface area contributed by atoms with Crippen molar-refractivity contribution in [3.63, 3.8) is 0 Å². The number of amides is 1. The van der Waals surface area contributed by atoms with Gasteiger partial charge in [0.25, 0.3) is 0 Å². The molecule has 2 aromatic heterocycles. The van der Waals surface area contributed by atoms with Gasteiger partial charge in [-0.2, -0.15) is 0 Å². The summed E-state index contributed by atoms with van der Waals surface area (Å²) in [6.07, 6.45) is 0. The second-order valence-corrected chi connectivity index (χ2v) is 9.33. The van der Waals surface area contributed by atoms with E-state index in [2.05, 4.69) is 52.5 Å². The SMILES string of the molecule is Cc1ccc(C)c(-n2c(C)nnc2SCC(=O)Nc2ccc(-c3csc(C)n3)cc2)c1. The molecule has 0 saturated carbocycles. The molecule has 0 fully saturated rings. The van der Waals surface area contributed by atoms with Crippen molar-refractivity contribution in [2.24, 2.45) is 0 Å². The zero-order valence-corrected chi connectivity index (χ0v) is 19.5. The molecule has 0 spiro atoms. The van der Waals surface area contributed by atoms with Crippen molar-refractivity contribution in [3.05, 3.63) is 69.8 Å². The van der Waals surface area contributed by atoms with Crippen LogP contribution in [-0.4, -0.2) is 31.4 Å². The van der Waals surface area contributed by atoms with Gasteiger partial charge >= 0.3 is 0 Å². The van der Waals surface area contributed by atoms with Crippen LogP contribution in [0.4, 0.5) is 5.69 Å². The summed E-state index contributed by atoms with van der Waals surface area (Å²) in [6, 6.07) is 14.0. The van der Waals surface area contributed by atoms with E-state index in [-0.39, 0.29) is 11.7 Å². The number of carbonyl (C=O) groups is 1. The Kier molecular flexibility index (Phi) is 6.20. The maximum Gasteiger partial charge on any atom is 0.234 e. The van der Waals surface area contributed by atoms with Gasteiger partial charge in [-0.15, -0.1) is 21.5 Å². The molecular weight excluding hydrogens is 426 g/mol. The number of carbonyl (C=O) groups excluding carboxylic acids is 1. The summed E-state index contributed by atoms with van der Waals surface area (Å²) in [6.45, 7) is 8.03. The molecule has 31 heavy (non-hydrogen) atoms. The first-order valence-electron chi connectivity index (χ1n) is 9.85. The lowest BCUT2D eigenvalue weighted by Crippen LogP contribution is -2.14. The van der Waals surface area contributed by atoms with Crippen molar-refractivity contribution in [2.45, 2.75) is 32.9 Å². The highest BCUT2D eigenvalue weighted by molar-refractivity contribution is 7.99. The molecule has 0 saturated heterocycles. The molecule has 4 rings (SSSR count). The lowest BCUT2D eigenvalue weighted by Gasteiger charge is -2.12. The van der Waals surface area contributed by atoms with E-state index in [4.69, 9.17) is 0 Å². The molecule has 8 heteroatoms. The van der Waals surface area contributed by atoms with Crippen LogP contribution in [-0.2, 0) is 4.79 Å². The molecule has 1 N–H and O–H groups in total. The van der Waals surface area contributed by atoms with E-state index >= 15 is 0 Å². The maximum atomic E-state index is 12.5. The van der Waals surface area contributed by atoms with Gasteiger partial charge in [-0.05, 0) is 57.0 Å². The van der Waals surface area contributed by atoms with Crippen LogP contribution in [0, 0.1) is 27.7 Å². The molecule has 0 atom stereocenters. The highest BCUT2D eigenvalue weighted by Crippen LogP contribution is 2.26. The molecule has 2 heterocycles. The number of aromatic nitrogens is 4. The Morgan fingerprint density at radius 1 is 1.06 bits per heavy atom. The Balaban J connectivity index is 1.42. The normalized spacial score (nSPS) is 11.0. The average molecular weight is 450 g/mol. The minimum atomic E-state index is -0.0876. The van der Waals surface area contributed by atoms with E-state index in [0.717, 1.165) is 39.0 Å². The van der Waals surface area contributed by atoms with Crippen LogP contribution in [0.1, 0.15) is 22.0 Å². The number of thioether (sulfide) groups is 1. The molecule has 158 valence electrons. The average Bonchev–Trinajstić information content (AvgIpc) is 3.34. The van der Waals surface area contributed by atoms with Crippen molar-refractivity contribution < 1.29 is 4.79 Å². The fraction of sp³-hybridized carbons (Fsp3) is 0.217. The number of hydrogen-bond acceptors (Lipinski definition) is 6. The number of aryl methyl sites for hydroxylation is 4. The number of rotatable bonds is 6. The lowest BCUT2D eigenvalue weighted by molar-refractivity contribution is -0.113. The standard InChI is InChI=1S/C23H23N5OS2/c1-14-5-6-15(2)21(11-14)28-16(3)26-27-23(28)31-13-22(29)25-19-9-7-18(8-10-19)20-12-30-17(4)24-20/h5-12H,13H2,1-4H3,(H,25,29). The predicted octanol–water partition coefficient (Wildman–Crippen LogP) is 5.36. The largest absolute Gasteiger partial charge is 0.325 e. The van der Waals surface area contributed by atoms with Gasteiger partial charge in [-0.3, -0.25) is 9.36 Å². The van der Waals surface area contributed by atoms with Crippen LogP contribution < -0.4 is 5.32 Å². The molecule has 0 radical (unpaired) electrons. The smallest absolute Gasteiger partial charge is 0.234 e. The third kappa shape index (κ3) is 4.86. The van der Waals surface area contributed by atoms with Gasteiger partial charge in [-0.1, -0.05) is 36.0 Å². The van der Waals surface area contributed by atoms with Gasteiger partial charge in [0.2, 0.25) is 5.91 Å². The lowest BCUT2D eigenvalue weighted by atomic mass is 10.1. The highest BCUT2D eigenvalue weighted by Gasteiger charge is 2.15. The second-order valence-electron chi connectivity index (χ2n) is 7.32. The van der Waals surface area contributed by atoms with E-state index in [0.29, 0.717) is 5.16 Å². The van der Waals surface area contributed by atoms with E-state index in [9.17, 15) is 4.79 Å². The Hall–Kier alpha value is -2.97. The van der Waals surface area contributed by atoms with Gasteiger partial charge in [0.15, 0.2) is 5.16 Å². The number of nitrogens with one attached hydrogen (secondary N) is 1. The van der Waals surface area contributed by atoms with Crippen LogP contribution in [0.5, 0.6) is 0 Å². The maximum absolute atomic E-state index is 12.5. The van der Waals surface area contributed by atoms with Crippen molar-refractivity contribution in [1.82, 2.24) is 19.7 Å². The third-order valence-corrected chi connectivity index (χ3v) is 6.52. The van der Waals surface area contributed by atoms with Crippen LogP contribution in [0.3, 0.4) is 0 Å². The van der Waals surface area contributed by atoms with Crippen LogP contribution in [0.15, 0.2) is 53.0 Å². The van der Waals surface area contributed by atoms with Crippen LogP contribution in [0.25, 0.3) is 16.9 Å². The van der Waals surface area contributed by atoms with Crippen molar-refractivity contribution >= 4 is 34.7 Å². The van der Waals surface area contributed by atoms with E-state index in [1.54, 1.807) is 11.3 Å². The van der Waals surface area contributed by atoms with Gasteiger partial charge < -0.3 is 5.32 Å². The summed E-state index contributed by atoms with van der Waals surface area (Å²) < 4.78 is 2.00. The zero-order valence-electron chi connectivity index (χ0n) is 17.8. The Labute approximate surface area is 189 Å². The van der Waals surface area contributed by atoms with Gasteiger partial charge in [0, 0.05) is 16.6 Å². The van der Waals surface area contributed by atoms with E-state index < -0.39 is 0 Å². The van der Waals surface area contributed by atoms with Crippen LogP contribution >= 0.6 is 23.1 Å². The van der Waals surface area contributed by atoms with Crippen molar-refractivity contribution in [1.29, 1.82) is 0 Å². The molecule has 0 aliphatic heterocycles. The molecule has 0 bridgehead atoms. The molecule has 0 unspecified atom stereocenters. The molecular formula is C23H23N5OS2. The molecule has 0 aliphatic rings. The number of thiazole rings is 1. The van der Waals surface area contributed by atoms with E-state index in [1.807, 2.05) is 48.1 Å². The summed E-state index contributed by atoms with van der Waals surface area (Å²) in [5.74, 6) is 0.954. The third-order valence-electron chi connectivity index (χ3n) is 4.82. The minimum Gasteiger partial charge on any atom is -0.325 e. The second kappa shape index (κ2) is 9.03.